The zero-order chi connectivity index (χ0) is 22.1. The third-order valence-corrected chi connectivity index (χ3v) is 5.26. The minimum Gasteiger partial charge on any atom is -0.340 e. The molecule has 0 radical (unpaired) electrons. The summed E-state index contributed by atoms with van der Waals surface area (Å²) in [7, 11) is 0. The van der Waals surface area contributed by atoms with Gasteiger partial charge in [-0.3, -0.25) is 19.3 Å². The molecule has 0 aliphatic carbocycles. The normalized spacial score (nSPS) is 11.5. The van der Waals surface area contributed by atoms with Crippen LogP contribution in [0.1, 0.15) is 23.0 Å². The Hall–Kier alpha value is -3.23. The first-order chi connectivity index (χ1) is 15.0. The van der Waals surface area contributed by atoms with Crippen LogP contribution in [0.5, 0.6) is 0 Å². The van der Waals surface area contributed by atoms with Gasteiger partial charge in [-0.2, -0.15) is 0 Å². The van der Waals surface area contributed by atoms with Crippen molar-refractivity contribution in [2.45, 2.75) is 24.3 Å². The van der Waals surface area contributed by atoms with Crippen LogP contribution in [0.4, 0.5) is 10.1 Å². The van der Waals surface area contributed by atoms with Crippen LogP contribution >= 0.6 is 11.9 Å². The van der Waals surface area contributed by atoms with Gasteiger partial charge >= 0.3 is 0 Å². The molecule has 0 saturated carbocycles. The van der Waals surface area contributed by atoms with E-state index in [2.05, 4.69) is 20.3 Å². The van der Waals surface area contributed by atoms with E-state index in [0.29, 0.717) is 11.4 Å². The fourth-order valence-corrected chi connectivity index (χ4v) is 3.35. The van der Waals surface area contributed by atoms with Crippen LogP contribution in [0, 0.1) is 5.82 Å². The molecule has 0 spiro atoms. The Kier molecular flexibility index (Phi) is 8.14. The molecule has 0 bridgehead atoms. The van der Waals surface area contributed by atoms with E-state index in [1.54, 1.807) is 30.5 Å². The van der Waals surface area contributed by atoms with E-state index in [0.717, 1.165) is 11.4 Å². The Morgan fingerprint density at radius 2 is 1.77 bits per heavy atom. The number of nitrogens with one attached hydrogen (secondary N) is 3. The van der Waals surface area contributed by atoms with Crippen LogP contribution in [0.25, 0.3) is 0 Å². The van der Waals surface area contributed by atoms with E-state index >= 15 is 0 Å². The molecule has 1 atom stereocenters. The standard InChI is InChI=1S/C23H23FN4O2S/c1-2-26-31-20-12-10-18(11-13-20)27-23(30)21(15-19-5-3-4-14-25-19)28-22(29)16-6-8-17(24)9-7-16/h3-14,21,26H,2,15H2,1H3,(H,27,30)(H,28,29). The lowest BCUT2D eigenvalue weighted by atomic mass is 10.1. The van der Waals surface area contributed by atoms with Crippen molar-refractivity contribution in [3.05, 3.63) is 90.0 Å². The van der Waals surface area contributed by atoms with Gasteiger partial charge in [0.2, 0.25) is 5.91 Å². The van der Waals surface area contributed by atoms with Gasteiger partial charge in [0.25, 0.3) is 5.91 Å². The van der Waals surface area contributed by atoms with Crippen molar-refractivity contribution >= 4 is 29.4 Å². The molecule has 3 aromatic rings. The van der Waals surface area contributed by atoms with Gasteiger partial charge in [0.15, 0.2) is 0 Å². The maximum atomic E-state index is 13.2. The number of carbonyl (C=O) groups is 2. The van der Waals surface area contributed by atoms with Crippen molar-refractivity contribution in [1.29, 1.82) is 0 Å². The second kappa shape index (κ2) is 11.2. The van der Waals surface area contributed by atoms with E-state index in [1.165, 1.54) is 36.2 Å². The van der Waals surface area contributed by atoms with Crippen LogP contribution < -0.4 is 15.4 Å². The topological polar surface area (TPSA) is 83.1 Å². The number of pyridine rings is 1. The van der Waals surface area contributed by atoms with Crippen molar-refractivity contribution in [1.82, 2.24) is 15.0 Å². The van der Waals surface area contributed by atoms with Gasteiger partial charge in [0, 0.05) is 41.0 Å². The highest BCUT2D eigenvalue weighted by Crippen LogP contribution is 2.18. The van der Waals surface area contributed by atoms with Crippen molar-refractivity contribution in [2.75, 3.05) is 11.9 Å². The molecule has 3 rings (SSSR count). The van der Waals surface area contributed by atoms with Crippen LogP contribution in [0.3, 0.4) is 0 Å². The molecule has 1 aromatic heterocycles. The van der Waals surface area contributed by atoms with Gasteiger partial charge in [0.1, 0.15) is 11.9 Å². The SMILES string of the molecule is CCNSc1ccc(NC(=O)C(Cc2ccccn2)NC(=O)c2ccc(F)cc2)cc1. The molecular formula is C23H23FN4O2S. The number of nitrogens with zero attached hydrogens (tertiary/aromatic N) is 1. The first-order valence-electron chi connectivity index (χ1n) is 9.82. The Labute approximate surface area is 184 Å². The smallest absolute Gasteiger partial charge is 0.251 e. The minimum atomic E-state index is -0.858. The summed E-state index contributed by atoms with van der Waals surface area (Å²) >= 11 is 1.51. The predicted molar refractivity (Wildman–Crippen MR) is 120 cm³/mol. The van der Waals surface area contributed by atoms with Gasteiger partial charge in [-0.15, -0.1) is 0 Å². The number of halogens is 1. The Morgan fingerprint density at radius 3 is 2.42 bits per heavy atom. The summed E-state index contributed by atoms with van der Waals surface area (Å²) in [5.74, 6) is -1.27. The molecule has 31 heavy (non-hydrogen) atoms. The monoisotopic (exact) mass is 438 g/mol. The van der Waals surface area contributed by atoms with Crippen LogP contribution in [-0.2, 0) is 11.2 Å². The van der Waals surface area contributed by atoms with Crippen LogP contribution in [0.2, 0.25) is 0 Å². The highest BCUT2D eigenvalue weighted by Gasteiger charge is 2.23. The number of hydrogen-bond acceptors (Lipinski definition) is 5. The third kappa shape index (κ3) is 6.91. The van der Waals surface area contributed by atoms with Gasteiger partial charge in [-0.05, 0) is 72.6 Å². The summed E-state index contributed by atoms with van der Waals surface area (Å²) < 4.78 is 16.3. The van der Waals surface area contributed by atoms with E-state index in [1.807, 2.05) is 25.1 Å². The highest BCUT2D eigenvalue weighted by atomic mass is 32.2. The zero-order valence-corrected chi connectivity index (χ0v) is 17.8. The molecule has 2 amide bonds. The molecule has 0 aliphatic heterocycles. The van der Waals surface area contributed by atoms with Crippen LogP contribution in [0.15, 0.2) is 77.8 Å². The van der Waals surface area contributed by atoms with Gasteiger partial charge < -0.3 is 10.6 Å². The second-order valence-electron chi connectivity index (χ2n) is 6.67. The number of hydrogen-bond donors (Lipinski definition) is 3. The molecule has 0 saturated heterocycles. The van der Waals surface area contributed by atoms with Gasteiger partial charge in [-0.1, -0.05) is 13.0 Å². The Morgan fingerprint density at radius 1 is 1.03 bits per heavy atom. The van der Waals surface area contributed by atoms with Crippen molar-refractivity contribution in [3.8, 4) is 0 Å². The summed E-state index contributed by atoms with van der Waals surface area (Å²) in [5, 5.41) is 5.57. The number of benzene rings is 2. The number of anilines is 1. The zero-order valence-electron chi connectivity index (χ0n) is 17.0. The maximum absolute atomic E-state index is 13.2. The van der Waals surface area contributed by atoms with Crippen molar-refractivity contribution in [2.24, 2.45) is 0 Å². The van der Waals surface area contributed by atoms with E-state index in [-0.39, 0.29) is 17.9 Å². The number of carbonyl (C=O) groups excluding carboxylic acids is 2. The molecule has 160 valence electrons. The van der Waals surface area contributed by atoms with E-state index < -0.39 is 17.8 Å². The lowest BCUT2D eigenvalue weighted by Crippen LogP contribution is -2.45. The molecule has 8 heteroatoms. The molecule has 0 aliphatic rings. The largest absolute Gasteiger partial charge is 0.340 e. The van der Waals surface area contributed by atoms with Gasteiger partial charge in [0.05, 0.1) is 0 Å². The average Bonchev–Trinajstić information content (AvgIpc) is 2.79. The van der Waals surface area contributed by atoms with Gasteiger partial charge in [-0.25, -0.2) is 4.39 Å². The molecular weight excluding hydrogens is 415 g/mol. The molecule has 1 unspecified atom stereocenters. The average molecular weight is 439 g/mol. The Bertz CT molecular complexity index is 998. The second-order valence-corrected chi connectivity index (χ2v) is 7.64. The number of amides is 2. The molecule has 6 nitrogen and oxygen atoms in total. The van der Waals surface area contributed by atoms with Crippen LogP contribution in [-0.4, -0.2) is 29.4 Å². The first-order valence-corrected chi connectivity index (χ1v) is 10.6. The quantitative estimate of drug-likeness (QED) is 0.443. The summed E-state index contributed by atoms with van der Waals surface area (Å²) in [6.45, 7) is 2.86. The summed E-state index contributed by atoms with van der Waals surface area (Å²) in [6, 6.07) is 17.1. The summed E-state index contributed by atoms with van der Waals surface area (Å²) in [4.78, 5) is 30.9. The van der Waals surface area contributed by atoms with E-state index in [4.69, 9.17) is 0 Å². The number of aromatic nitrogens is 1. The molecule has 3 N–H and O–H groups in total. The lowest BCUT2D eigenvalue weighted by molar-refractivity contribution is -0.118. The Balaban J connectivity index is 1.72. The summed E-state index contributed by atoms with van der Waals surface area (Å²) in [5.41, 5.74) is 1.55. The molecule has 1 heterocycles. The highest BCUT2D eigenvalue weighted by molar-refractivity contribution is 7.97. The van der Waals surface area contributed by atoms with Crippen molar-refractivity contribution in [3.63, 3.8) is 0 Å². The maximum Gasteiger partial charge on any atom is 0.251 e. The lowest BCUT2D eigenvalue weighted by Gasteiger charge is -2.18. The minimum absolute atomic E-state index is 0.216. The predicted octanol–water partition coefficient (Wildman–Crippen LogP) is 3.82. The number of rotatable bonds is 9. The fourth-order valence-electron chi connectivity index (χ4n) is 2.77. The molecule has 0 fully saturated rings. The first kappa shape index (κ1) is 22.5. The summed E-state index contributed by atoms with van der Waals surface area (Å²) in [6.07, 6.45) is 1.85. The van der Waals surface area contributed by atoms with Crippen molar-refractivity contribution < 1.29 is 14.0 Å². The molecule has 2 aromatic carbocycles. The van der Waals surface area contributed by atoms with E-state index in [9.17, 15) is 14.0 Å². The third-order valence-electron chi connectivity index (χ3n) is 4.32. The fraction of sp³-hybridized carbons (Fsp3) is 0.174.